The fourth-order valence-electron chi connectivity index (χ4n) is 2.78. The van der Waals surface area contributed by atoms with E-state index >= 15 is 0 Å². The Morgan fingerprint density at radius 1 is 1.25 bits per heavy atom. The van der Waals surface area contributed by atoms with Crippen LogP contribution in [0.3, 0.4) is 0 Å². The van der Waals surface area contributed by atoms with E-state index in [1.807, 2.05) is 49.4 Å². The number of methoxy groups -OCH3 is 1. The van der Waals surface area contributed by atoms with E-state index in [4.69, 9.17) is 17.0 Å². The number of carbonyl (C=O) groups excluding carboxylic acids is 2. The van der Waals surface area contributed by atoms with Gasteiger partial charge in [-0.3, -0.25) is 14.5 Å². The first-order valence-corrected chi connectivity index (χ1v) is 9.95. The van der Waals surface area contributed by atoms with E-state index in [1.54, 1.807) is 19.3 Å². The van der Waals surface area contributed by atoms with Gasteiger partial charge in [-0.1, -0.05) is 54.3 Å². The molecule has 1 N–H and O–H groups in total. The molecule has 1 aliphatic heterocycles. The Labute approximate surface area is 173 Å². The average Bonchev–Trinajstić information content (AvgIpc) is 2.95. The molecule has 0 atom stereocenters. The minimum atomic E-state index is -0.157. The molecule has 1 aliphatic rings. The van der Waals surface area contributed by atoms with E-state index in [2.05, 4.69) is 5.32 Å². The second kappa shape index (κ2) is 9.03. The summed E-state index contributed by atoms with van der Waals surface area (Å²) in [4.78, 5) is 27.0. The van der Waals surface area contributed by atoms with E-state index in [0.717, 1.165) is 16.9 Å². The Kier molecular flexibility index (Phi) is 6.49. The van der Waals surface area contributed by atoms with Crippen molar-refractivity contribution in [2.45, 2.75) is 6.92 Å². The van der Waals surface area contributed by atoms with Crippen molar-refractivity contribution in [1.29, 1.82) is 0 Å². The van der Waals surface area contributed by atoms with Crippen molar-refractivity contribution in [3.8, 4) is 5.75 Å². The van der Waals surface area contributed by atoms with E-state index < -0.39 is 0 Å². The van der Waals surface area contributed by atoms with Crippen LogP contribution in [0.15, 0.2) is 53.4 Å². The van der Waals surface area contributed by atoms with Crippen LogP contribution in [-0.4, -0.2) is 41.2 Å². The Balaban J connectivity index is 1.61. The molecule has 28 heavy (non-hydrogen) atoms. The Morgan fingerprint density at radius 2 is 2.04 bits per heavy atom. The number of nitrogens with zero attached hydrogens (tertiary/aromatic N) is 1. The highest BCUT2D eigenvalue weighted by Crippen LogP contribution is 2.32. The van der Waals surface area contributed by atoms with Gasteiger partial charge in [-0.25, -0.2) is 0 Å². The first kappa shape index (κ1) is 20.1. The first-order valence-electron chi connectivity index (χ1n) is 8.73. The molecule has 144 valence electrons. The molecule has 0 bridgehead atoms. The topological polar surface area (TPSA) is 58.6 Å². The van der Waals surface area contributed by atoms with E-state index in [1.165, 1.54) is 16.7 Å². The summed E-state index contributed by atoms with van der Waals surface area (Å²) >= 11 is 6.61. The third kappa shape index (κ3) is 4.61. The number of rotatable bonds is 6. The molecule has 2 aromatic carbocycles. The molecule has 0 aliphatic carbocycles. The maximum Gasteiger partial charge on any atom is 0.266 e. The molecule has 7 heteroatoms. The number of nitrogens with one attached hydrogen (secondary N) is 1. The number of carbonyl (C=O) groups is 2. The summed E-state index contributed by atoms with van der Waals surface area (Å²) in [7, 11) is 1.60. The molecule has 0 saturated carbocycles. The summed E-state index contributed by atoms with van der Waals surface area (Å²) in [6, 6.07) is 14.9. The summed E-state index contributed by atoms with van der Waals surface area (Å²) in [5, 5.41) is 2.85. The number of ether oxygens (including phenoxy) is 1. The van der Waals surface area contributed by atoms with Gasteiger partial charge in [-0.05, 0) is 42.3 Å². The van der Waals surface area contributed by atoms with Crippen molar-refractivity contribution >= 4 is 46.2 Å². The van der Waals surface area contributed by atoms with Gasteiger partial charge < -0.3 is 10.1 Å². The Bertz CT molecular complexity index is 956. The van der Waals surface area contributed by atoms with Crippen molar-refractivity contribution in [2.24, 2.45) is 0 Å². The molecule has 1 heterocycles. The largest absolute Gasteiger partial charge is 0.497 e. The minimum absolute atomic E-state index is 0.150. The number of hydrogen-bond acceptors (Lipinski definition) is 5. The second-order valence-corrected chi connectivity index (χ2v) is 7.86. The predicted octanol–water partition coefficient (Wildman–Crippen LogP) is 3.63. The zero-order valence-electron chi connectivity index (χ0n) is 15.6. The number of hydrogen-bond donors (Lipinski definition) is 1. The third-order valence-corrected chi connectivity index (χ3v) is 5.65. The summed E-state index contributed by atoms with van der Waals surface area (Å²) in [6.45, 7) is 2.55. The zero-order chi connectivity index (χ0) is 20.1. The molecule has 0 spiro atoms. The van der Waals surface area contributed by atoms with Crippen molar-refractivity contribution in [3.63, 3.8) is 0 Å². The van der Waals surface area contributed by atoms with Crippen LogP contribution in [0.2, 0.25) is 0 Å². The normalized spacial score (nSPS) is 15.2. The molecule has 1 fully saturated rings. The lowest BCUT2D eigenvalue weighted by atomic mass is 10.1. The summed E-state index contributed by atoms with van der Waals surface area (Å²) in [5.74, 6) is 0.418. The van der Waals surface area contributed by atoms with Crippen molar-refractivity contribution in [3.05, 3.63) is 70.1 Å². The fraction of sp³-hybridized carbons (Fsp3) is 0.190. The van der Waals surface area contributed by atoms with Crippen LogP contribution in [0.25, 0.3) is 6.08 Å². The highest BCUT2D eigenvalue weighted by Gasteiger charge is 2.31. The minimum Gasteiger partial charge on any atom is -0.497 e. The van der Waals surface area contributed by atoms with E-state index in [0.29, 0.717) is 27.9 Å². The number of thiocarbonyl (C=S) groups is 1. The Hall–Kier alpha value is -2.64. The Morgan fingerprint density at radius 3 is 2.79 bits per heavy atom. The van der Waals surface area contributed by atoms with E-state index in [9.17, 15) is 9.59 Å². The maximum absolute atomic E-state index is 12.7. The second-order valence-electron chi connectivity index (χ2n) is 6.18. The molecule has 0 radical (unpaired) electrons. The van der Waals surface area contributed by atoms with Gasteiger partial charge in [0.2, 0.25) is 0 Å². The lowest BCUT2D eigenvalue weighted by Crippen LogP contribution is -2.37. The summed E-state index contributed by atoms with van der Waals surface area (Å²) in [6.07, 6.45) is 1.80. The van der Waals surface area contributed by atoms with Gasteiger partial charge in [0.15, 0.2) is 0 Å². The molecule has 2 aromatic rings. The number of benzene rings is 2. The van der Waals surface area contributed by atoms with Gasteiger partial charge in [0.05, 0.1) is 12.0 Å². The number of thioether (sulfide) groups is 1. The molecular formula is C21H20N2O3S2. The lowest BCUT2D eigenvalue weighted by Gasteiger charge is -2.15. The van der Waals surface area contributed by atoms with Crippen molar-refractivity contribution in [1.82, 2.24) is 10.2 Å². The smallest absolute Gasteiger partial charge is 0.266 e. The van der Waals surface area contributed by atoms with Gasteiger partial charge in [-0.15, -0.1) is 0 Å². The van der Waals surface area contributed by atoms with Gasteiger partial charge in [0.25, 0.3) is 11.8 Å². The van der Waals surface area contributed by atoms with Gasteiger partial charge >= 0.3 is 0 Å². The van der Waals surface area contributed by atoms with Gasteiger partial charge in [-0.2, -0.15) is 0 Å². The highest BCUT2D eigenvalue weighted by molar-refractivity contribution is 8.26. The van der Waals surface area contributed by atoms with Crippen LogP contribution in [-0.2, 0) is 4.79 Å². The van der Waals surface area contributed by atoms with Crippen LogP contribution >= 0.6 is 24.0 Å². The lowest BCUT2D eigenvalue weighted by molar-refractivity contribution is -0.122. The monoisotopic (exact) mass is 412 g/mol. The van der Waals surface area contributed by atoms with Crippen LogP contribution in [0.4, 0.5) is 0 Å². The molecule has 0 aromatic heterocycles. The van der Waals surface area contributed by atoms with Crippen LogP contribution in [0.1, 0.15) is 21.5 Å². The van der Waals surface area contributed by atoms with Crippen LogP contribution < -0.4 is 10.1 Å². The summed E-state index contributed by atoms with van der Waals surface area (Å²) in [5.41, 5.74) is 2.41. The van der Waals surface area contributed by atoms with Crippen LogP contribution in [0, 0.1) is 6.92 Å². The number of amides is 2. The SMILES string of the molecule is COc1cccc(/C=C2/SC(=S)N(CCNC(=O)c3ccccc3C)C2=O)c1. The molecule has 2 amide bonds. The fourth-order valence-corrected chi connectivity index (χ4v) is 4.09. The molecule has 1 saturated heterocycles. The third-order valence-electron chi connectivity index (χ3n) is 4.28. The van der Waals surface area contributed by atoms with Gasteiger partial charge in [0.1, 0.15) is 10.1 Å². The van der Waals surface area contributed by atoms with Crippen LogP contribution in [0.5, 0.6) is 5.75 Å². The highest BCUT2D eigenvalue weighted by atomic mass is 32.2. The summed E-state index contributed by atoms with van der Waals surface area (Å²) < 4.78 is 5.70. The first-order chi connectivity index (χ1) is 13.5. The molecule has 0 unspecified atom stereocenters. The quantitative estimate of drug-likeness (QED) is 0.580. The number of aryl methyl sites for hydroxylation is 1. The standard InChI is InChI=1S/C21H20N2O3S2/c1-14-6-3-4-9-17(14)19(24)22-10-11-23-20(25)18(28-21(23)27)13-15-7-5-8-16(12-15)26-2/h3-9,12-13H,10-11H2,1-2H3,(H,22,24)/b18-13+. The van der Waals surface area contributed by atoms with Crippen molar-refractivity contribution in [2.75, 3.05) is 20.2 Å². The zero-order valence-corrected chi connectivity index (χ0v) is 17.2. The molecule has 5 nitrogen and oxygen atoms in total. The molecular weight excluding hydrogens is 392 g/mol. The average molecular weight is 413 g/mol. The maximum atomic E-state index is 12.7. The molecule has 3 rings (SSSR count). The van der Waals surface area contributed by atoms with Crippen molar-refractivity contribution < 1.29 is 14.3 Å². The van der Waals surface area contributed by atoms with Gasteiger partial charge in [0, 0.05) is 18.7 Å². The predicted molar refractivity (Wildman–Crippen MR) is 116 cm³/mol. The van der Waals surface area contributed by atoms with E-state index in [-0.39, 0.29) is 11.8 Å².